The zero-order valence-electron chi connectivity index (χ0n) is 16.9. The summed E-state index contributed by atoms with van der Waals surface area (Å²) in [5.41, 5.74) is 2.60. The lowest BCUT2D eigenvalue weighted by Crippen LogP contribution is -2.38. The highest BCUT2D eigenvalue weighted by Crippen LogP contribution is 2.16. The minimum atomic E-state index is -0.191. The van der Waals surface area contributed by atoms with Crippen LogP contribution in [0.2, 0.25) is 0 Å². The molecule has 27 heavy (non-hydrogen) atoms. The number of aliphatic imine (C=N–C) groups is 1. The van der Waals surface area contributed by atoms with Crippen LogP contribution in [0.3, 0.4) is 0 Å². The summed E-state index contributed by atoms with van der Waals surface area (Å²) >= 11 is 0. The van der Waals surface area contributed by atoms with Crippen LogP contribution in [0.4, 0.5) is 10.2 Å². The predicted octanol–water partition coefficient (Wildman–Crippen LogP) is 3.80. The van der Waals surface area contributed by atoms with Crippen LogP contribution in [0, 0.1) is 12.7 Å². The molecule has 0 aliphatic rings. The Kier molecular flexibility index (Phi) is 7.58. The molecule has 0 amide bonds. The summed E-state index contributed by atoms with van der Waals surface area (Å²) in [5, 5.41) is 6.57. The zero-order chi connectivity index (χ0) is 19.8. The minimum absolute atomic E-state index is 0.0607. The quantitative estimate of drug-likeness (QED) is 0.574. The number of nitrogens with one attached hydrogen (secondary N) is 2. The molecule has 2 aromatic rings. The summed E-state index contributed by atoms with van der Waals surface area (Å²) < 4.78 is 13.8. The largest absolute Gasteiger partial charge is 0.357 e. The van der Waals surface area contributed by atoms with Gasteiger partial charge >= 0.3 is 0 Å². The molecule has 1 aromatic carbocycles. The van der Waals surface area contributed by atoms with E-state index in [4.69, 9.17) is 0 Å². The van der Waals surface area contributed by atoms with Gasteiger partial charge in [-0.25, -0.2) is 9.37 Å². The van der Waals surface area contributed by atoms with Gasteiger partial charge in [0.25, 0.3) is 0 Å². The van der Waals surface area contributed by atoms with Gasteiger partial charge in [-0.05, 0) is 56.5 Å². The lowest BCUT2D eigenvalue weighted by molar-refractivity contribution is 0.607. The van der Waals surface area contributed by atoms with Crippen LogP contribution in [-0.2, 0) is 6.54 Å². The van der Waals surface area contributed by atoms with Gasteiger partial charge in [-0.2, -0.15) is 0 Å². The van der Waals surface area contributed by atoms with E-state index < -0.39 is 0 Å². The molecule has 1 heterocycles. The third kappa shape index (κ3) is 5.67. The van der Waals surface area contributed by atoms with Crippen molar-refractivity contribution < 1.29 is 4.39 Å². The van der Waals surface area contributed by atoms with Gasteiger partial charge in [0, 0.05) is 32.9 Å². The number of guanidine groups is 1. The van der Waals surface area contributed by atoms with Crippen molar-refractivity contribution in [1.29, 1.82) is 0 Å². The monoisotopic (exact) mass is 371 g/mol. The Hall–Kier alpha value is -2.63. The van der Waals surface area contributed by atoms with Gasteiger partial charge in [-0.1, -0.05) is 18.2 Å². The second kappa shape index (κ2) is 9.90. The number of rotatable bonds is 7. The number of nitrogens with zero attached hydrogens (tertiary/aromatic N) is 3. The molecule has 0 saturated carbocycles. The van der Waals surface area contributed by atoms with Crippen molar-refractivity contribution in [2.45, 2.75) is 40.3 Å². The average Bonchev–Trinajstić information content (AvgIpc) is 2.69. The highest BCUT2D eigenvalue weighted by molar-refractivity contribution is 5.80. The van der Waals surface area contributed by atoms with Crippen LogP contribution in [0.15, 0.2) is 41.5 Å². The van der Waals surface area contributed by atoms with E-state index in [1.807, 2.05) is 25.3 Å². The lowest BCUT2D eigenvalue weighted by Gasteiger charge is -2.20. The Balaban J connectivity index is 1.94. The summed E-state index contributed by atoms with van der Waals surface area (Å²) in [6.45, 7) is 10.5. The molecule has 0 bridgehead atoms. The second-order valence-electron chi connectivity index (χ2n) is 6.50. The molecule has 1 unspecified atom stereocenters. The number of pyridine rings is 1. The highest BCUT2D eigenvalue weighted by atomic mass is 19.1. The van der Waals surface area contributed by atoms with Crippen molar-refractivity contribution in [3.63, 3.8) is 0 Å². The molecule has 2 rings (SSSR count). The van der Waals surface area contributed by atoms with Crippen molar-refractivity contribution in [2.24, 2.45) is 4.99 Å². The van der Waals surface area contributed by atoms with Gasteiger partial charge in [0.1, 0.15) is 11.6 Å². The maximum absolute atomic E-state index is 13.8. The summed E-state index contributed by atoms with van der Waals surface area (Å²) in [5.74, 6) is 1.46. The number of aromatic nitrogens is 1. The van der Waals surface area contributed by atoms with Crippen molar-refractivity contribution in [1.82, 2.24) is 15.6 Å². The number of anilines is 1. The molecule has 1 atom stereocenters. The maximum Gasteiger partial charge on any atom is 0.191 e. The van der Waals surface area contributed by atoms with E-state index in [1.54, 1.807) is 26.1 Å². The number of aryl methyl sites for hydroxylation is 1. The highest BCUT2D eigenvalue weighted by Gasteiger charge is 2.10. The van der Waals surface area contributed by atoms with Crippen LogP contribution >= 0.6 is 0 Å². The van der Waals surface area contributed by atoms with Gasteiger partial charge in [0.2, 0.25) is 0 Å². The number of halogens is 1. The minimum Gasteiger partial charge on any atom is -0.357 e. The summed E-state index contributed by atoms with van der Waals surface area (Å²) in [6.07, 6.45) is 1.88. The van der Waals surface area contributed by atoms with E-state index in [0.717, 1.165) is 30.0 Å². The average molecular weight is 372 g/mol. The SMILES string of the molecule is CCN(CC)c1ccc(CNC(=NC)NC(C)c2ccc(C)c(F)c2)cn1. The maximum atomic E-state index is 13.8. The molecule has 0 spiro atoms. The lowest BCUT2D eigenvalue weighted by atomic mass is 10.1. The molecule has 2 N–H and O–H groups in total. The van der Waals surface area contributed by atoms with E-state index in [-0.39, 0.29) is 11.9 Å². The van der Waals surface area contributed by atoms with E-state index in [0.29, 0.717) is 18.1 Å². The van der Waals surface area contributed by atoms with Crippen LogP contribution in [-0.4, -0.2) is 31.1 Å². The third-order valence-electron chi connectivity index (χ3n) is 4.63. The van der Waals surface area contributed by atoms with Gasteiger partial charge in [0.05, 0.1) is 6.04 Å². The van der Waals surface area contributed by atoms with E-state index in [9.17, 15) is 4.39 Å². The smallest absolute Gasteiger partial charge is 0.191 e. The zero-order valence-corrected chi connectivity index (χ0v) is 16.9. The van der Waals surface area contributed by atoms with Gasteiger partial charge in [-0.3, -0.25) is 4.99 Å². The molecule has 0 saturated heterocycles. The van der Waals surface area contributed by atoms with E-state index in [1.165, 1.54) is 0 Å². The van der Waals surface area contributed by atoms with E-state index >= 15 is 0 Å². The summed E-state index contributed by atoms with van der Waals surface area (Å²) in [6, 6.07) is 9.34. The third-order valence-corrected chi connectivity index (χ3v) is 4.63. The van der Waals surface area contributed by atoms with Gasteiger partial charge in [-0.15, -0.1) is 0 Å². The van der Waals surface area contributed by atoms with Gasteiger partial charge < -0.3 is 15.5 Å². The first-order chi connectivity index (χ1) is 13.0. The topological polar surface area (TPSA) is 52.5 Å². The molecule has 0 radical (unpaired) electrons. The fourth-order valence-corrected chi connectivity index (χ4v) is 2.80. The Morgan fingerprint density at radius 3 is 2.52 bits per heavy atom. The molecule has 0 fully saturated rings. The standard InChI is InChI=1S/C21H30FN5/c1-6-27(7-2)20-11-9-17(13-24-20)14-25-21(23-5)26-16(4)18-10-8-15(3)19(22)12-18/h8-13,16H,6-7,14H2,1-5H3,(H2,23,25,26). The van der Waals surface area contributed by atoms with Crippen LogP contribution in [0.1, 0.15) is 43.5 Å². The summed E-state index contributed by atoms with van der Waals surface area (Å²) in [7, 11) is 1.72. The van der Waals surface area contributed by atoms with Crippen molar-refractivity contribution >= 4 is 11.8 Å². The molecular weight excluding hydrogens is 341 g/mol. The van der Waals surface area contributed by atoms with Crippen molar-refractivity contribution in [2.75, 3.05) is 25.0 Å². The molecule has 6 heteroatoms. The number of hydrogen-bond acceptors (Lipinski definition) is 3. The number of benzene rings is 1. The second-order valence-corrected chi connectivity index (χ2v) is 6.50. The fourth-order valence-electron chi connectivity index (χ4n) is 2.80. The predicted molar refractivity (Wildman–Crippen MR) is 111 cm³/mol. The Morgan fingerprint density at radius 2 is 1.96 bits per heavy atom. The Bertz CT molecular complexity index is 754. The van der Waals surface area contributed by atoms with E-state index in [2.05, 4.69) is 45.4 Å². The van der Waals surface area contributed by atoms with Crippen LogP contribution in [0.25, 0.3) is 0 Å². The van der Waals surface area contributed by atoms with Crippen molar-refractivity contribution in [3.05, 3.63) is 59.0 Å². The first-order valence-electron chi connectivity index (χ1n) is 9.41. The Labute approximate surface area is 161 Å². The summed E-state index contributed by atoms with van der Waals surface area (Å²) in [4.78, 5) is 11.0. The molecule has 5 nitrogen and oxygen atoms in total. The molecule has 146 valence electrons. The Morgan fingerprint density at radius 1 is 1.22 bits per heavy atom. The fraction of sp³-hybridized carbons (Fsp3) is 0.429. The molecule has 1 aromatic heterocycles. The normalized spacial score (nSPS) is 12.6. The van der Waals surface area contributed by atoms with Crippen LogP contribution in [0.5, 0.6) is 0 Å². The van der Waals surface area contributed by atoms with Gasteiger partial charge in [0.15, 0.2) is 5.96 Å². The molecular formula is C21H30FN5. The van der Waals surface area contributed by atoms with Crippen molar-refractivity contribution in [3.8, 4) is 0 Å². The first kappa shape index (κ1) is 20.7. The molecule has 0 aliphatic heterocycles. The number of hydrogen-bond donors (Lipinski definition) is 2. The molecule has 0 aliphatic carbocycles. The first-order valence-corrected chi connectivity index (χ1v) is 9.41. The van der Waals surface area contributed by atoms with Crippen LogP contribution < -0.4 is 15.5 Å².